The lowest BCUT2D eigenvalue weighted by atomic mass is 9.75. The second-order valence-electron chi connectivity index (χ2n) is 6.84. The molecule has 0 saturated heterocycles. The van der Waals surface area contributed by atoms with Crippen molar-refractivity contribution in [1.29, 1.82) is 0 Å². The number of amides is 1. The summed E-state index contributed by atoms with van der Waals surface area (Å²) in [6.45, 7) is 2.01. The van der Waals surface area contributed by atoms with E-state index in [9.17, 15) is 19.3 Å². The molecule has 1 aliphatic rings. The average Bonchev–Trinajstić information content (AvgIpc) is 2.69. The standard InChI is InChI=1S/C21H20FN3O3/c1-14-2-11-19(20(12-14)16-5-9-18(10-6-16)25(27)28)21(26)24-23-13-15-3-7-17(22)8-4-15/h2-10,13,19-20H,11-12H2,1H3,(H,24,26). The Kier molecular flexibility index (Phi) is 5.93. The predicted molar refractivity (Wildman–Crippen MR) is 104 cm³/mol. The first-order chi connectivity index (χ1) is 13.4. The number of non-ortho nitro benzene ring substituents is 1. The number of hydrogen-bond acceptors (Lipinski definition) is 4. The molecule has 28 heavy (non-hydrogen) atoms. The van der Waals surface area contributed by atoms with Crippen LogP contribution >= 0.6 is 0 Å². The monoisotopic (exact) mass is 381 g/mol. The highest BCUT2D eigenvalue weighted by molar-refractivity contribution is 5.84. The molecule has 0 fully saturated rings. The first-order valence-electron chi connectivity index (χ1n) is 8.92. The van der Waals surface area contributed by atoms with E-state index in [0.29, 0.717) is 18.4 Å². The van der Waals surface area contributed by atoms with Crippen molar-refractivity contribution < 1.29 is 14.1 Å². The zero-order valence-corrected chi connectivity index (χ0v) is 15.3. The van der Waals surface area contributed by atoms with Gasteiger partial charge in [0.05, 0.1) is 17.1 Å². The van der Waals surface area contributed by atoms with Crippen molar-refractivity contribution in [2.45, 2.75) is 25.7 Å². The minimum Gasteiger partial charge on any atom is -0.273 e. The summed E-state index contributed by atoms with van der Waals surface area (Å²) < 4.78 is 12.9. The van der Waals surface area contributed by atoms with E-state index in [2.05, 4.69) is 10.5 Å². The topological polar surface area (TPSA) is 84.6 Å². The third kappa shape index (κ3) is 4.68. The van der Waals surface area contributed by atoms with Crippen molar-refractivity contribution in [1.82, 2.24) is 5.43 Å². The lowest BCUT2D eigenvalue weighted by Gasteiger charge is -2.29. The van der Waals surface area contributed by atoms with Crippen LogP contribution in [0, 0.1) is 21.8 Å². The van der Waals surface area contributed by atoms with Crippen LogP contribution in [0.3, 0.4) is 0 Å². The molecule has 2 unspecified atom stereocenters. The van der Waals surface area contributed by atoms with E-state index < -0.39 is 4.92 Å². The van der Waals surface area contributed by atoms with Gasteiger partial charge >= 0.3 is 0 Å². The van der Waals surface area contributed by atoms with Crippen molar-refractivity contribution in [3.63, 3.8) is 0 Å². The second kappa shape index (κ2) is 8.56. The number of carbonyl (C=O) groups excluding carboxylic acids is 1. The van der Waals surface area contributed by atoms with Crippen LogP contribution in [-0.4, -0.2) is 17.0 Å². The fourth-order valence-corrected chi connectivity index (χ4v) is 3.35. The average molecular weight is 381 g/mol. The van der Waals surface area contributed by atoms with E-state index in [1.54, 1.807) is 24.3 Å². The minimum atomic E-state index is -0.440. The number of allylic oxidation sites excluding steroid dienone is 2. The number of nitrogens with zero attached hydrogens (tertiary/aromatic N) is 2. The maximum atomic E-state index is 12.9. The molecule has 7 heteroatoms. The number of carbonyl (C=O) groups is 1. The summed E-state index contributed by atoms with van der Waals surface area (Å²) >= 11 is 0. The molecule has 0 saturated carbocycles. The van der Waals surface area contributed by atoms with Crippen molar-refractivity contribution in [3.05, 3.63) is 87.2 Å². The molecule has 144 valence electrons. The van der Waals surface area contributed by atoms with Crippen LogP contribution in [0.5, 0.6) is 0 Å². The van der Waals surface area contributed by atoms with Crippen LogP contribution in [0.25, 0.3) is 0 Å². The molecule has 0 radical (unpaired) electrons. The number of hydrogen-bond donors (Lipinski definition) is 1. The van der Waals surface area contributed by atoms with Gasteiger partial charge in [-0.15, -0.1) is 0 Å². The summed E-state index contributed by atoms with van der Waals surface area (Å²) in [5.74, 6) is -0.954. The molecular weight excluding hydrogens is 361 g/mol. The molecule has 6 nitrogen and oxygen atoms in total. The number of halogens is 1. The number of nitro groups is 1. The van der Waals surface area contributed by atoms with Gasteiger partial charge in [-0.3, -0.25) is 14.9 Å². The lowest BCUT2D eigenvalue weighted by molar-refractivity contribution is -0.384. The normalized spacial score (nSPS) is 19.3. The Balaban J connectivity index is 1.72. The fourth-order valence-electron chi connectivity index (χ4n) is 3.35. The molecule has 0 heterocycles. The van der Waals surface area contributed by atoms with Crippen LogP contribution in [0.4, 0.5) is 10.1 Å². The van der Waals surface area contributed by atoms with Gasteiger partial charge in [0, 0.05) is 12.1 Å². The van der Waals surface area contributed by atoms with Crippen LogP contribution in [-0.2, 0) is 4.79 Å². The van der Waals surface area contributed by atoms with Crippen LogP contribution in [0.2, 0.25) is 0 Å². The van der Waals surface area contributed by atoms with Gasteiger partial charge in [0.25, 0.3) is 5.69 Å². The summed E-state index contributed by atoms with van der Waals surface area (Å²) in [6, 6.07) is 12.1. The largest absolute Gasteiger partial charge is 0.273 e. The molecule has 3 rings (SSSR count). The van der Waals surface area contributed by atoms with Crippen molar-refractivity contribution in [2.75, 3.05) is 0 Å². The number of benzene rings is 2. The van der Waals surface area contributed by atoms with Gasteiger partial charge < -0.3 is 0 Å². The highest BCUT2D eigenvalue weighted by atomic mass is 19.1. The third-order valence-electron chi connectivity index (χ3n) is 4.88. The first kappa shape index (κ1) is 19.4. The molecule has 0 bridgehead atoms. The molecule has 1 amide bonds. The molecule has 0 spiro atoms. The van der Waals surface area contributed by atoms with Gasteiger partial charge in [0.1, 0.15) is 5.82 Å². The Morgan fingerprint density at radius 1 is 1.21 bits per heavy atom. The molecule has 2 atom stereocenters. The maximum absolute atomic E-state index is 12.9. The second-order valence-corrected chi connectivity index (χ2v) is 6.84. The van der Waals surface area contributed by atoms with Crippen LogP contribution in [0.15, 0.2) is 65.3 Å². The molecule has 2 aromatic carbocycles. The Labute approximate surface area is 161 Å². The van der Waals surface area contributed by atoms with E-state index in [4.69, 9.17) is 0 Å². The Bertz CT molecular complexity index is 921. The minimum absolute atomic E-state index is 0.0247. The smallest absolute Gasteiger partial charge is 0.269 e. The highest BCUT2D eigenvalue weighted by Gasteiger charge is 2.31. The highest BCUT2D eigenvalue weighted by Crippen LogP contribution is 2.38. The van der Waals surface area contributed by atoms with E-state index in [-0.39, 0.29) is 29.2 Å². The van der Waals surface area contributed by atoms with Crippen molar-refractivity contribution in [3.8, 4) is 0 Å². The quantitative estimate of drug-likeness (QED) is 0.362. The Morgan fingerprint density at radius 2 is 1.89 bits per heavy atom. The summed E-state index contributed by atoms with van der Waals surface area (Å²) in [7, 11) is 0. The summed E-state index contributed by atoms with van der Waals surface area (Å²) in [5, 5.41) is 14.8. The SMILES string of the molecule is CC1=CCC(C(=O)NN=Cc2ccc(F)cc2)C(c2ccc([N+](=O)[O-])cc2)C1. The molecule has 1 N–H and O–H groups in total. The Morgan fingerprint density at radius 3 is 2.54 bits per heavy atom. The zero-order valence-electron chi connectivity index (χ0n) is 15.3. The van der Waals surface area contributed by atoms with Gasteiger partial charge in [0.2, 0.25) is 5.91 Å². The maximum Gasteiger partial charge on any atom is 0.269 e. The number of rotatable bonds is 5. The van der Waals surface area contributed by atoms with Crippen LogP contribution < -0.4 is 5.43 Å². The molecule has 1 aliphatic carbocycles. The lowest BCUT2D eigenvalue weighted by Crippen LogP contribution is -2.33. The van der Waals surface area contributed by atoms with E-state index in [0.717, 1.165) is 5.56 Å². The summed E-state index contributed by atoms with van der Waals surface area (Å²) in [5.41, 5.74) is 5.33. The fraction of sp³-hybridized carbons (Fsp3) is 0.238. The molecule has 2 aromatic rings. The van der Waals surface area contributed by atoms with E-state index >= 15 is 0 Å². The molecule has 0 aromatic heterocycles. The number of hydrazone groups is 1. The van der Waals surface area contributed by atoms with Crippen molar-refractivity contribution >= 4 is 17.8 Å². The number of nitro benzene ring substituents is 1. The van der Waals surface area contributed by atoms with Gasteiger partial charge in [-0.1, -0.05) is 35.9 Å². The molecular formula is C21H20FN3O3. The van der Waals surface area contributed by atoms with E-state index in [1.165, 1.54) is 36.1 Å². The van der Waals surface area contributed by atoms with Gasteiger partial charge in [-0.05, 0) is 48.9 Å². The van der Waals surface area contributed by atoms with Gasteiger partial charge in [-0.25, -0.2) is 9.82 Å². The van der Waals surface area contributed by atoms with Gasteiger partial charge in [-0.2, -0.15) is 5.10 Å². The number of nitrogens with one attached hydrogen (secondary N) is 1. The third-order valence-corrected chi connectivity index (χ3v) is 4.88. The summed E-state index contributed by atoms with van der Waals surface area (Å²) in [6.07, 6.45) is 4.78. The van der Waals surface area contributed by atoms with Crippen LogP contribution in [0.1, 0.15) is 36.8 Å². The predicted octanol–water partition coefficient (Wildman–Crippen LogP) is 4.32. The first-order valence-corrected chi connectivity index (χ1v) is 8.92. The van der Waals surface area contributed by atoms with Gasteiger partial charge in [0.15, 0.2) is 0 Å². The summed E-state index contributed by atoms with van der Waals surface area (Å²) in [4.78, 5) is 23.1. The zero-order chi connectivity index (χ0) is 20.1. The Hall–Kier alpha value is -3.35. The van der Waals surface area contributed by atoms with E-state index in [1.807, 2.05) is 13.0 Å². The molecule has 0 aliphatic heterocycles. The van der Waals surface area contributed by atoms with Crippen molar-refractivity contribution in [2.24, 2.45) is 11.0 Å².